The summed E-state index contributed by atoms with van der Waals surface area (Å²) < 4.78 is 5.33. The third kappa shape index (κ3) is 3.66. The van der Waals surface area contributed by atoms with E-state index in [1.54, 1.807) is 7.11 Å². The van der Waals surface area contributed by atoms with Crippen molar-refractivity contribution in [3.8, 4) is 0 Å². The van der Waals surface area contributed by atoms with Crippen LogP contribution in [0.25, 0.3) is 0 Å². The number of amides is 1. The van der Waals surface area contributed by atoms with Crippen LogP contribution in [0.2, 0.25) is 0 Å². The Bertz CT molecular complexity index is 268. The van der Waals surface area contributed by atoms with Gasteiger partial charge in [-0.25, -0.2) is 0 Å². The molecule has 1 saturated carbocycles. The van der Waals surface area contributed by atoms with E-state index in [1.165, 1.54) is 0 Å². The zero-order valence-corrected chi connectivity index (χ0v) is 10.5. The van der Waals surface area contributed by atoms with Gasteiger partial charge in [-0.15, -0.1) is 0 Å². The predicted molar refractivity (Wildman–Crippen MR) is 65.6 cm³/mol. The normalized spacial score (nSPS) is 27.1. The molecule has 1 aliphatic carbocycles. The first-order valence-corrected chi connectivity index (χ1v) is 6.49. The summed E-state index contributed by atoms with van der Waals surface area (Å²) in [6.45, 7) is 2.42. The molecule has 1 amide bonds. The summed E-state index contributed by atoms with van der Waals surface area (Å²) in [5.41, 5.74) is 5.77. The highest BCUT2D eigenvalue weighted by Crippen LogP contribution is 2.20. The van der Waals surface area contributed by atoms with Crippen molar-refractivity contribution in [2.75, 3.05) is 26.7 Å². The van der Waals surface area contributed by atoms with Crippen LogP contribution in [-0.4, -0.2) is 55.7 Å². The van der Waals surface area contributed by atoms with Crippen molar-refractivity contribution in [1.29, 1.82) is 0 Å². The third-order valence-corrected chi connectivity index (χ3v) is 3.66. The van der Waals surface area contributed by atoms with Crippen LogP contribution in [0.4, 0.5) is 0 Å². The molecule has 5 heteroatoms. The monoisotopic (exact) mass is 241 g/mol. The highest BCUT2D eigenvalue weighted by atomic mass is 16.5. The largest absolute Gasteiger partial charge is 0.380 e. The molecule has 0 spiro atoms. The molecule has 17 heavy (non-hydrogen) atoms. The minimum absolute atomic E-state index is 0.142. The molecule has 98 valence electrons. The molecule has 2 atom stereocenters. The summed E-state index contributed by atoms with van der Waals surface area (Å²) in [5, 5.41) is 3.01. The van der Waals surface area contributed by atoms with E-state index in [9.17, 15) is 4.79 Å². The van der Waals surface area contributed by atoms with E-state index < -0.39 is 0 Å². The lowest BCUT2D eigenvalue weighted by Crippen LogP contribution is -2.43. The molecule has 2 fully saturated rings. The van der Waals surface area contributed by atoms with Crippen molar-refractivity contribution in [1.82, 2.24) is 10.2 Å². The van der Waals surface area contributed by atoms with Crippen molar-refractivity contribution in [3.05, 3.63) is 0 Å². The smallest absolute Gasteiger partial charge is 0.221 e. The minimum Gasteiger partial charge on any atom is -0.380 e. The average Bonchev–Trinajstić information content (AvgIpc) is 3.00. The van der Waals surface area contributed by atoms with Gasteiger partial charge in [0, 0.05) is 45.2 Å². The van der Waals surface area contributed by atoms with E-state index in [-0.39, 0.29) is 11.9 Å². The first-order chi connectivity index (χ1) is 8.22. The number of hydrogen-bond donors (Lipinski definition) is 2. The second kappa shape index (κ2) is 5.80. The van der Waals surface area contributed by atoms with Crippen molar-refractivity contribution in [3.63, 3.8) is 0 Å². The first-order valence-electron chi connectivity index (χ1n) is 6.49. The maximum atomic E-state index is 11.7. The minimum atomic E-state index is 0.142. The number of methoxy groups -OCH3 is 1. The number of ether oxygens (including phenoxy) is 1. The van der Waals surface area contributed by atoms with Crippen LogP contribution < -0.4 is 11.1 Å². The Balaban J connectivity index is 1.77. The van der Waals surface area contributed by atoms with E-state index in [4.69, 9.17) is 10.5 Å². The molecular formula is C12H23N3O2. The molecule has 0 aromatic heterocycles. The van der Waals surface area contributed by atoms with Crippen LogP contribution >= 0.6 is 0 Å². The summed E-state index contributed by atoms with van der Waals surface area (Å²) in [5.74, 6) is 0.142. The molecule has 2 rings (SSSR count). The summed E-state index contributed by atoms with van der Waals surface area (Å²) in [6.07, 6.45) is 4.12. The molecule has 0 radical (unpaired) electrons. The lowest BCUT2D eigenvalue weighted by Gasteiger charge is -2.26. The summed E-state index contributed by atoms with van der Waals surface area (Å²) in [6, 6.07) is 0.597. The number of carbonyl (C=O) groups is 1. The molecule has 0 bridgehead atoms. The highest BCUT2D eigenvalue weighted by molar-refractivity contribution is 5.77. The number of rotatable bonds is 6. The number of hydrogen-bond acceptors (Lipinski definition) is 4. The maximum absolute atomic E-state index is 11.7. The number of nitrogens with two attached hydrogens (primary N) is 1. The fraction of sp³-hybridized carbons (Fsp3) is 0.917. The summed E-state index contributed by atoms with van der Waals surface area (Å²) in [4.78, 5) is 14.0. The standard InChI is InChI=1S/C12H23N3O2/c1-17-11-4-5-15(8-11)10(7-13)6-12(16)14-9-2-3-9/h9-11H,2-8,13H2,1H3,(H,14,16). The summed E-state index contributed by atoms with van der Waals surface area (Å²) >= 11 is 0. The van der Waals surface area contributed by atoms with Gasteiger partial charge in [0.2, 0.25) is 5.91 Å². The van der Waals surface area contributed by atoms with Crippen LogP contribution in [0.3, 0.4) is 0 Å². The Labute approximate surface area is 103 Å². The Morgan fingerprint density at radius 2 is 2.29 bits per heavy atom. The van der Waals surface area contributed by atoms with Gasteiger partial charge in [0.15, 0.2) is 0 Å². The van der Waals surface area contributed by atoms with E-state index in [0.717, 1.165) is 32.4 Å². The maximum Gasteiger partial charge on any atom is 0.221 e. The molecule has 2 unspecified atom stereocenters. The molecule has 1 aliphatic heterocycles. The van der Waals surface area contributed by atoms with Crippen LogP contribution in [0.1, 0.15) is 25.7 Å². The van der Waals surface area contributed by atoms with Crippen molar-refractivity contribution >= 4 is 5.91 Å². The topological polar surface area (TPSA) is 67.6 Å². The molecular weight excluding hydrogens is 218 g/mol. The zero-order chi connectivity index (χ0) is 12.3. The van der Waals surface area contributed by atoms with Gasteiger partial charge < -0.3 is 15.8 Å². The predicted octanol–water partition coefficient (Wildman–Crippen LogP) is -0.297. The molecule has 2 aliphatic rings. The number of likely N-dealkylation sites (tertiary alicyclic amines) is 1. The van der Waals surface area contributed by atoms with E-state index >= 15 is 0 Å². The lowest BCUT2D eigenvalue weighted by atomic mass is 10.1. The third-order valence-electron chi connectivity index (χ3n) is 3.66. The lowest BCUT2D eigenvalue weighted by molar-refractivity contribution is -0.122. The molecule has 5 nitrogen and oxygen atoms in total. The van der Waals surface area contributed by atoms with Crippen LogP contribution in [0.5, 0.6) is 0 Å². The van der Waals surface area contributed by atoms with Crippen LogP contribution in [0, 0.1) is 0 Å². The molecule has 1 heterocycles. The van der Waals surface area contributed by atoms with Gasteiger partial charge in [-0.2, -0.15) is 0 Å². The molecule has 0 aromatic carbocycles. The van der Waals surface area contributed by atoms with Crippen molar-refractivity contribution in [2.24, 2.45) is 5.73 Å². The van der Waals surface area contributed by atoms with Crippen molar-refractivity contribution < 1.29 is 9.53 Å². The van der Waals surface area contributed by atoms with E-state index in [1.807, 2.05) is 0 Å². The van der Waals surface area contributed by atoms with Crippen LogP contribution in [-0.2, 0) is 9.53 Å². The van der Waals surface area contributed by atoms with Gasteiger partial charge in [-0.1, -0.05) is 0 Å². The van der Waals surface area contributed by atoms with E-state index in [0.29, 0.717) is 25.1 Å². The average molecular weight is 241 g/mol. The second-order valence-electron chi connectivity index (χ2n) is 5.08. The molecule has 3 N–H and O–H groups in total. The SMILES string of the molecule is COC1CCN(C(CN)CC(=O)NC2CC2)C1. The van der Waals surface area contributed by atoms with Gasteiger partial charge in [0.1, 0.15) is 0 Å². The summed E-state index contributed by atoms with van der Waals surface area (Å²) in [7, 11) is 1.74. The fourth-order valence-electron chi connectivity index (χ4n) is 2.37. The molecule has 0 aromatic rings. The van der Waals surface area contributed by atoms with Gasteiger partial charge in [-0.05, 0) is 19.3 Å². The first kappa shape index (κ1) is 12.8. The van der Waals surface area contributed by atoms with Gasteiger partial charge in [0.25, 0.3) is 0 Å². The molecule has 1 saturated heterocycles. The van der Waals surface area contributed by atoms with Crippen LogP contribution in [0.15, 0.2) is 0 Å². The zero-order valence-electron chi connectivity index (χ0n) is 10.5. The number of nitrogens with zero attached hydrogens (tertiary/aromatic N) is 1. The van der Waals surface area contributed by atoms with E-state index in [2.05, 4.69) is 10.2 Å². The Morgan fingerprint density at radius 3 is 2.82 bits per heavy atom. The quantitative estimate of drug-likeness (QED) is 0.670. The van der Waals surface area contributed by atoms with Gasteiger partial charge in [0.05, 0.1) is 6.10 Å². The second-order valence-corrected chi connectivity index (χ2v) is 5.08. The Hall–Kier alpha value is -0.650. The highest BCUT2D eigenvalue weighted by Gasteiger charge is 2.30. The Kier molecular flexibility index (Phi) is 4.36. The fourth-order valence-corrected chi connectivity index (χ4v) is 2.37. The van der Waals surface area contributed by atoms with Crippen molar-refractivity contribution in [2.45, 2.75) is 43.9 Å². The van der Waals surface area contributed by atoms with Gasteiger partial charge in [-0.3, -0.25) is 9.69 Å². The Morgan fingerprint density at radius 1 is 1.53 bits per heavy atom. The number of carbonyl (C=O) groups excluding carboxylic acids is 1. The number of nitrogens with one attached hydrogen (secondary N) is 1. The van der Waals surface area contributed by atoms with Gasteiger partial charge >= 0.3 is 0 Å².